The zero-order valence-corrected chi connectivity index (χ0v) is 12.6. The molecule has 1 saturated carbocycles. The van der Waals surface area contributed by atoms with E-state index < -0.39 is 9.04 Å². The highest BCUT2D eigenvalue weighted by atomic mass is 28.3. The minimum atomic E-state index is -1.00. The summed E-state index contributed by atoms with van der Waals surface area (Å²) in [5, 5.41) is 9.44. The molecule has 0 aliphatic heterocycles. The van der Waals surface area contributed by atoms with Crippen LogP contribution in [-0.4, -0.2) is 26.9 Å². The molecule has 1 aliphatic carbocycles. The highest BCUT2D eigenvalue weighted by molar-refractivity contribution is 6.48. The zero-order chi connectivity index (χ0) is 12.3. The molecule has 0 aromatic heterocycles. The maximum Gasteiger partial charge on any atom is 0.171 e. The Balaban J connectivity index is 2.75. The topological polar surface area (TPSA) is 29.5 Å². The summed E-state index contributed by atoms with van der Waals surface area (Å²) in [5.41, 5.74) is 0.194. The fourth-order valence-corrected chi connectivity index (χ4v) is 4.13. The molecule has 0 saturated heterocycles. The predicted octanol–water partition coefficient (Wildman–Crippen LogP) is 2.81. The van der Waals surface area contributed by atoms with E-state index >= 15 is 0 Å². The van der Waals surface area contributed by atoms with Gasteiger partial charge >= 0.3 is 0 Å². The number of aliphatic hydroxyl groups excluding tert-OH is 1. The average Bonchev–Trinajstić information content (AvgIpc) is 2.59. The van der Waals surface area contributed by atoms with Crippen LogP contribution in [0.5, 0.6) is 0 Å². The monoisotopic (exact) mass is 244 g/mol. The van der Waals surface area contributed by atoms with Crippen LogP contribution in [0.2, 0.25) is 13.1 Å². The molecule has 3 heteroatoms. The highest BCUT2D eigenvalue weighted by Crippen LogP contribution is 2.41. The van der Waals surface area contributed by atoms with Gasteiger partial charge in [-0.1, -0.05) is 27.2 Å². The van der Waals surface area contributed by atoms with Crippen LogP contribution in [0.3, 0.4) is 0 Å². The summed E-state index contributed by atoms with van der Waals surface area (Å²) >= 11 is 0. The van der Waals surface area contributed by atoms with Crippen molar-refractivity contribution in [3.8, 4) is 0 Å². The molecule has 0 radical (unpaired) electrons. The van der Waals surface area contributed by atoms with Crippen molar-refractivity contribution in [2.75, 3.05) is 6.61 Å². The minimum Gasteiger partial charge on any atom is -0.417 e. The third kappa shape index (κ3) is 3.57. The van der Waals surface area contributed by atoms with Crippen molar-refractivity contribution in [2.45, 2.75) is 59.2 Å². The normalized spacial score (nSPS) is 28.7. The largest absolute Gasteiger partial charge is 0.417 e. The Morgan fingerprint density at radius 1 is 1.31 bits per heavy atom. The van der Waals surface area contributed by atoms with E-state index in [-0.39, 0.29) is 5.41 Å². The van der Waals surface area contributed by atoms with Crippen LogP contribution in [0.15, 0.2) is 0 Å². The first-order chi connectivity index (χ1) is 7.36. The van der Waals surface area contributed by atoms with E-state index in [0.717, 1.165) is 0 Å². The van der Waals surface area contributed by atoms with Crippen molar-refractivity contribution >= 4 is 9.04 Å². The van der Waals surface area contributed by atoms with Crippen molar-refractivity contribution in [3.05, 3.63) is 0 Å². The van der Waals surface area contributed by atoms with Crippen LogP contribution in [-0.2, 0) is 4.43 Å². The lowest BCUT2D eigenvalue weighted by atomic mass is 9.77. The van der Waals surface area contributed by atoms with E-state index in [4.69, 9.17) is 4.43 Å². The van der Waals surface area contributed by atoms with Crippen LogP contribution in [0.4, 0.5) is 0 Å². The summed E-state index contributed by atoms with van der Waals surface area (Å²) in [4.78, 5) is 0. The van der Waals surface area contributed by atoms with E-state index in [2.05, 4.69) is 33.9 Å². The average molecular weight is 244 g/mol. The molecule has 0 amide bonds. The summed E-state index contributed by atoms with van der Waals surface area (Å²) in [6, 6.07) is 0. The summed E-state index contributed by atoms with van der Waals surface area (Å²) in [5.74, 6) is 1.04. The van der Waals surface area contributed by atoms with Gasteiger partial charge in [0, 0.05) is 6.61 Å². The molecule has 16 heavy (non-hydrogen) atoms. The van der Waals surface area contributed by atoms with Gasteiger partial charge in [-0.2, -0.15) is 0 Å². The number of hydrogen-bond acceptors (Lipinski definition) is 2. The molecule has 1 rings (SSSR count). The summed E-state index contributed by atoms with van der Waals surface area (Å²) in [6.07, 6.45) is 4.00. The molecule has 0 bridgehead atoms. The summed E-state index contributed by atoms with van der Waals surface area (Å²) in [7, 11) is -1.00. The van der Waals surface area contributed by atoms with Crippen LogP contribution in [0, 0.1) is 17.3 Å². The van der Waals surface area contributed by atoms with Gasteiger partial charge in [0.05, 0.1) is 6.10 Å². The van der Waals surface area contributed by atoms with Gasteiger partial charge in [-0.3, -0.25) is 0 Å². The quantitative estimate of drug-likeness (QED) is 0.771. The Labute approximate surface area is 102 Å². The summed E-state index contributed by atoms with van der Waals surface area (Å²) < 4.78 is 6.26. The lowest BCUT2D eigenvalue weighted by Crippen LogP contribution is -2.41. The van der Waals surface area contributed by atoms with Crippen molar-refractivity contribution in [3.63, 3.8) is 0 Å². The van der Waals surface area contributed by atoms with Crippen LogP contribution < -0.4 is 0 Å². The van der Waals surface area contributed by atoms with E-state index in [1.54, 1.807) is 0 Å². The Morgan fingerprint density at radius 2 is 1.94 bits per heavy atom. The lowest BCUT2D eigenvalue weighted by Gasteiger charge is -2.39. The first-order valence-electron chi connectivity index (χ1n) is 6.62. The minimum absolute atomic E-state index is 0.194. The smallest absolute Gasteiger partial charge is 0.171 e. The number of rotatable bonds is 4. The molecule has 96 valence electrons. The van der Waals surface area contributed by atoms with Crippen molar-refractivity contribution in [1.29, 1.82) is 0 Å². The fourth-order valence-electron chi connectivity index (χ4n) is 2.93. The Kier molecular flexibility index (Phi) is 5.01. The molecular weight excluding hydrogens is 216 g/mol. The molecule has 1 fully saturated rings. The van der Waals surface area contributed by atoms with E-state index in [1.165, 1.54) is 19.3 Å². The lowest BCUT2D eigenvalue weighted by molar-refractivity contribution is 0.00627. The Bertz CT molecular complexity index is 210. The Hall–Kier alpha value is 0.137. The van der Waals surface area contributed by atoms with Gasteiger partial charge in [-0.25, -0.2) is 0 Å². The number of aliphatic hydroxyl groups is 1. The zero-order valence-electron chi connectivity index (χ0n) is 11.5. The molecule has 1 aliphatic rings. The van der Waals surface area contributed by atoms with Gasteiger partial charge in [-0.05, 0) is 43.2 Å². The molecule has 0 spiro atoms. The fraction of sp³-hybridized carbons (Fsp3) is 1.00. The van der Waals surface area contributed by atoms with E-state index in [1.807, 2.05) is 0 Å². The maximum atomic E-state index is 9.44. The molecule has 3 unspecified atom stereocenters. The standard InChI is InChI=1S/C13H28O2Si/c1-13(2,3)12(15-16(4)5)11-8-6-7-10(11)9-14/h10-12,14,16H,6-9H2,1-5H3. The molecule has 1 N–H and O–H groups in total. The molecule has 2 nitrogen and oxygen atoms in total. The molecule has 3 atom stereocenters. The van der Waals surface area contributed by atoms with Gasteiger partial charge in [-0.15, -0.1) is 0 Å². The SMILES string of the molecule is C[SiH](C)OC(C1CCCC1CO)C(C)(C)C. The first-order valence-corrected chi connectivity index (χ1v) is 9.40. The van der Waals surface area contributed by atoms with Crippen molar-refractivity contribution < 1.29 is 9.53 Å². The van der Waals surface area contributed by atoms with Gasteiger partial charge < -0.3 is 9.53 Å². The highest BCUT2D eigenvalue weighted by Gasteiger charge is 2.40. The van der Waals surface area contributed by atoms with E-state index in [9.17, 15) is 5.11 Å². The van der Waals surface area contributed by atoms with E-state index in [0.29, 0.717) is 24.5 Å². The van der Waals surface area contributed by atoms with Gasteiger partial charge in [0.15, 0.2) is 9.04 Å². The van der Waals surface area contributed by atoms with Gasteiger partial charge in [0.1, 0.15) is 0 Å². The summed E-state index contributed by atoms with van der Waals surface area (Å²) in [6.45, 7) is 11.6. The van der Waals surface area contributed by atoms with Crippen molar-refractivity contribution in [2.24, 2.45) is 17.3 Å². The molecule has 0 aromatic rings. The van der Waals surface area contributed by atoms with Gasteiger partial charge in [0.25, 0.3) is 0 Å². The second kappa shape index (κ2) is 5.65. The molecule has 0 aromatic carbocycles. The third-order valence-electron chi connectivity index (χ3n) is 3.61. The number of hydrogen-bond donors (Lipinski definition) is 1. The second-order valence-electron chi connectivity index (χ2n) is 6.51. The van der Waals surface area contributed by atoms with Gasteiger partial charge in [0.2, 0.25) is 0 Å². The molecule has 0 heterocycles. The predicted molar refractivity (Wildman–Crippen MR) is 71.1 cm³/mol. The third-order valence-corrected chi connectivity index (χ3v) is 4.45. The molecular formula is C13H28O2Si. The van der Waals surface area contributed by atoms with Crippen LogP contribution >= 0.6 is 0 Å². The maximum absolute atomic E-state index is 9.44. The van der Waals surface area contributed by atoms with Crippen LogP contribution in [0.1, 0.15) is 40.0 Å². The second-order valence-corrected chi connectivity index (χ2v) is 8.88. The van der Waals surface area contributed by atoms with Crippen molar-refractivity contribution in [1.82, 2.24) is 0 Å². The first kappa shape index (κ1) is 14.2. The van der Waals surface area contributed by atoms with Crippen LogP contribution in [0.25, 0.3) is 0 Å². The Morgan fingerprint density at radius 3 is 2.38 bits per heavy atom.